The molecule has 0 atom stereocenters. The van der Waals surface area contributed by atoms with Gasteiger partial charge in [-0.15, -0.1) is 0 Å². The first-order valence-electron chi connectivity index (χ1n) is 6.37. The molecule has 110 valence electrons. The van der Waals surface area contributed by atoms with Crippen LogP contribution in [0.1, 0.15) is 12.0 Å². The minimum atomic E-state index is -0.310. The van der Waals surface area contributed by atoms with E-state index in [4.69, 9.17) is 11.6 Å². The Balaban J connectivity index is 2.17. The average Bonchev–Trinajstić information content (AvgIpc) is 2.49. The van der Waals surface area contributed by atoms with Crippen molar-refractivity contribution in [1.82, 2.24) is 0 Å². The molecule has 0 fully saturated rings. The predicted molar refractivity (Wildman–Crippen MR) is 82.3 cm³/mol. The number of methoxy groups -OCH3 is 1. The molecule has 0 spiro atoms. The Kier molecular flexibility index (Phi) is 5.65. The van der Waals surface area contributed by atoms with E-state index < -0.39 is 0 Å². The van der Waals surface area contributed by atoms with Crippen LogP contribution in [-0.4, -0.2) is 13.1 Å². The fourth-order valence-electron chi connectivity index (χ4n) is 1.81. The van der Waals surface area contributed by atoms with Crippen LogP contribution in [0.4, 0.5) is 4.39 Å². The Bertz CT molecular complexity index is 629. The van der Waals surface area contributed by atoms with E-state index in [-0.39, 0.29) is 18.2 Å². The summed E-state index contributed by atoms with van der Waals surface area (Å²) >= 11 is 7.37. The van der Waals surface area contributed by atoms with Gasteiger partial charge in [0.25, 0.3) is 0 Å². The summed E-state index contributed by atoms with van der Waals surface area (Å²) in [5.74, 6) is -0.614. The zero-order valence-corrected chi connectivity index (χ0v) is 13.0. The molecule has 0 aliphatic heterocycles. The first-order valence-corrected chi connectivity index (χ1v) is 7.56. The highest BCUT2D eigenvalue weighted by Crippen LogP contribution is 2.32. The van der Waals surface area contributed by atoms with Crippen LogP contribution < -0.4 is 0 Å². The molecular weight excluding hydrogens is 311 g/mol. The molecular formula is C16H14ClFO2S. The van der Waals surface area contributed by atoms with Crippen LogP contribution in [0.15, 0.2) is 52.3 Å². The third kappa shape index (κ3) is 4.76. The Morgan fingerprint density at radius 1 is 1.24 bits per heavy atom. The normalized spacial score (nSPS) is 10.4. The minimum absolute atomic E-state index is 0.230. The maximum atomic E-state index is 13.4. The second-order valence-electron chi connectivity index (χ2n) is 4.38. The highest BCUT2D eigenvalue weighted by molar-refractivity contribution is 7.99. The smallest absolute Gasteiger partial charge is 0.305 e. The number of esters is 1. The number of hydrogen-bond acceptors (Lipinski definition) is 3. The van der Waals surface area contributed by atoms with E-state index in [2.05, 4.69) is 4.74 Å². The van der Waals surface area contributed by atoms with Crippen LogP contribution in [0.2, 0.25) is 5.02 Å². The summed E-state index contributed by atoms with van der Waals surface area (Å²) in [6.45, 7) is 0. The van der Waals surface area contributed by atoms with Gasteiger partial charge in [-0.05, 0) is 54.4 Å². The monoisotopic (exact) mass is 324 g/mol. The van der Waals surface area contributed by atoms with Gasteiger partial charge < -0.3 is 4.74 Å². The first kappa shape index (κ1) is 15.9. The fourth-order valence-corrected chi connectivity index (χ4v) is 2.89. The molecule has 2 aromatic rings. The van der Waals surface area contributed by atoms with E-state index in [0.717, 1.165) is 15.4 Å². The molecule has 2 nitrogen and oxygen atoms in total. The highest BCUT2D eigenvalue weighted by atomic mass is 35.5. The summed E-state index contributed by atoms with van der Waals surface area (Å²) in [6.07, 6.45) is 0.675. The Morgan fingerprint density at radius 3 is 2.62 bits per heavy atom. The van der Waals surface area contributed by atoms with Crippen LogP contribution in [0.25, 0.3) is 0 Å². The lowest BCUT2D eigenvalue weighted by Gasteiger charge is -2.09. The molecule has 21 heavy (non-hydrogen) atoms. The third-order valence-corrected chi connectivity index (χ3v) is 4.27. The molecule has 0 amide bonds. The van der Waals surface area contributed by atoms with E-state index in [1.54, 1.807) is 6.07 Å². The molecule has 0 radical (unpaired) electrons. The molecule has 0 aromatic heterocycles. The second kappa shape index (κ2) is 7.48. The number of hydrogen-bond donors (Lipinski definition) is 0. The zero-order chi connectivity index (χ0) is 15.2. The topological polar surface area (TPSA) is 26.3 Å². The summed E-state index contributed by atoms with van der Waals surface area (Å²) < 4.78 is 18.0. The predicted octanol–water partition coefficient (Wildman–Crippen LogP) is 4.74. The van der Waals surface area contributed by atoms with Crippen LogP contribution in [0, 0.1) is 5.82 Å². The number of aryl methyl sites for hydroxylation is 1. The van der Waals surface area contributed by atoms with E-state index in [9.17, 15) is 9.18 Å². The Hall–Kier alpha value is -1.52. The van der Waals surface area contributed by atoms with Gasteiger partial charge in [-0.3, -0.25) is 4.79 Å². The molecule has 0 unspecified atom stereocenters. The molecule has 0 saturated heterocycles. The van der Waals surface area contributed by atoms with Crippen molar-refractivity contribution in [2.75, 3.05) is 7.11 Å². The van der Waals surface area contributed by atoms with Gasteiger partial charge in [0.15, 0.2) is 0 Å². The Morgan fingerprint density at radius 2 is 1.95 bits per heavy atom. The van der Waals surface area contributed by atoms with Gasteiger partial charge in [0.05, 0.1) is 7.11 Å². The number of rotatable bonds is 5. The molecule has 0 heterocycles. The van der Waals surface area contributed by atoms with Crippen molar-refractivity contribution in [3.05, 3.63) is 58.9 Å². The number of carbonyl (C=O) groups is 1. The van der Waals surface area contributed by atoms with E-state index in [1.165, 1.54) is 31.0 Å². The highest BCUT2D eigenvalue weighted by Gasteiger charge is 2.09. The first-order chi connectivity index (χ1) is 10.1. The van der Waals surface area contributed by atoms with Gasteiger partial charge in [0, 0.05) is 21.2 Å². The number of benzene rings is 2. The van der Waals surface area contributed by atoms with Gasteiger partial charge in [-0.1, -0.05) is 23.4 Å². The average molecular weight is 325 g/mol. The van der Waals surface area contributed by atoms with Gasteiger partial charge in [-0.2, -0.15) is 0 Å². The SMILES string of the molecule is COC(=O)CCc1cc(F)ccc1Sc1ccc(Cl)cc1. The molecule has 2 aromatic carbocycles. The quantitative estimate of drug-likeness (QED) is 0.743. The number of ether oxygens (including phenoxy) is 1. The van der Waals surface area contributed by atoms with Crippen molar-refractivity contribution >= 4 is 29.3 Å². The maximum absolute atomic E-state index is 13.4. The van der Waals surface area contributed by atoms with Crippen LogP contribution in [0.3, 0.4) is 0 Å². The van der Waals surface area contributed by atoms with Gasteiger partial charge in [0.2, 0.25) is 0 Å². The van der Waals surface area contributed by atoms with Crippen molar-refractivity contribution in [3.8, 4) is 0 Å². The van der Waals surface area contributed by atoms with E-state index in [1.807, 2.05) is 24.3 Å². The van der Waals surface area contributed by atoms with Crippen LogP contribution in [0.5, 0.6) is 0 Å². The number of carbonyl (C=O) groups excluding carboxylic acids is 1. The minimum Gasteiger partial charge on any atom is -0.469 e. The molecule has 0 saturated carbocycles. The molecule has 0 aliphatic carbocycles. The summed E-state index contributed by atoms with van der Waals surface area (Å²) in [5, 5.41) is 0.671. The summed E-state index contributed by atoms with van der Waals surface area (Å²) in [7, 11) is 1.34. The largest absolute Gasteiger partial charge is 0.469 e. The van der Waals surface area contributed by atoms with Crippen molar-refractivity contribution < 1.29 is 13.9 Å². The molecule has 2 rings (SSSR count). The molecule has 5 heteroatoms. The lowest BCUT2D eigenvalue weighted by atomic mass is 10.1. The van der Waals surface area contributed by atoms with Crippen LogP contribution in [-0.2, 0) is 16.0 Å². The maximum Gasteiger partial charge on any atom is 0.305 e. The standard InChI is InChI=1S/C16H14ClFO2S/c1-20-16(19)9-2-11-10-13(18)5-8-15(11)21-14-6-3-12(17)4-7-14/h3-8,10H,2,9H2,1H3. The van der Waals surface area contributed by atoms with E-state index >= 15 is 0 Å². The Labute approximate surface area is 132 Å². The third-order valence-electron chi connectivity index (χ3n) is 2.89. The molecule has 0 N–H and O–H groups in total. The fraction of sp³-hybridized carbons (Fsp3) is 0.188. The second-order valence-corrected chi connectivity index (χ2v) is 5.94. The van der Waals surface area contributed by atoms with Gasteiger partial charge in [-0.25, -0.2) is 4.39 Å². The van der Waals surface area contributed by atoms with E-state index in [0.29, 0.717) is 11.4 Å². The zero-order valence-electron chi connectivity index (χ0n) is 11.4. The van der Waals surface area contributed by atoms with Gasteiger partial charge in [0.1, 0.15) is 5.82 Å². The van der Waals surface area contributed by atoms with Crippen molar-refractivity contribution in [2.24, 2.45) is 0 Å². The lowest BCUT2D eigenvalue weighted by Crippen LogP contribution is -2.02. The summed E-state index contributed by atoms with van der Waals surface area (Å²) in [5.41, 5.74) is 0.792. The summed E-state index contributed by atoms with van der Waals surface area (Å²) in [4.78, 5) is 13.2. The number of halogens is 2. The van der Waals surface area contributed by atoms with Crippen molar-refractivity contribution in [3.63, 3.8) is 0 Å². The van der Waals surface area contributed by atoms with Gasteiger partial charge >= 0.3 is 5.97 Å². The van der Waals surface area contributed by atoms with Crippen LogP contribution >= 0.6 is 23.4 Å². The lowest BCUT2D eigenvalue weighted by molar-refractivity contribution is -0.140. The van der Waals surface area contributed by atoms with Crippen molar-refractivity contribution in [2.45, 2.75) is 22.6 Å². The molecule has 0 bridgehead atoms. The summed E-state index contributed by atoms with van der Waals surface area (Å²) in [6, 6.07) is 12.0. The van der Waals surface area contributed by atoms with Crippen molar-refractivity contribution in [1.29, 1.82) is 0 Å². The molecule has 0 aliphatic rings.